The minimum atomic E-state index is 0.307. The number of hydrogen-bond acceptors (Lipinski definition) is 4. The predicted octanol–water partition coefficient (Wildman–Crippen LogP) is 2.26. The quantitative estimate of drug-likeness (QED) is 0.813. The summed E-state index contributed by atoms with van der Waals surface area (Å²) in [6.45, 7) is 4.79. The van der Waals surface area contributed by atoms with Crippen LogP contribution in [0.1, 0.15) is 37.1 Å². The van der Waals surface area contributed by atoms with E-state index < -0.39 is 0 Å². The van der Waals surface area contributed by atoms with E-state index in [1.165, 1.54) is 18.4 Å². The minimum absolute atomic E-state index is 0.307. The van der Waals surface area contributed by atoms with Gasteiger partial charge in [0.25, 0.3) is 0 Å². The van der Waals surface area contributed by atoms with Gasteiger partial charge in [-0.05, 0) is 49.8 Å². The zero-order chi connectivity index (χ0) is 18.7. The molecule has 144 valence electrons. The number of amides is 1. The number of benzene rings is 1. The summed E-state index contributed by atoms with van der Waals surface area (Å²) >= 11 is 0. The van der Waals surface area contributed by atoms with Crippen molar-refractivity contribution in [2.45, 2.75) is 38.6 Å². The van der Waals surface area contributed by atoms with Crippen LogP contribution in [0.5, 0.6) is 0 Å². The Morgan fingerprint density at radius 1 is 1.11 bits per heavy atom. The van der Waals surface area contributed by atoms with Gasteiger partial charge < -0.3 is 9.47 Å². The molecule has 2 aromatic rings. The third kappa shape index (κ3) is 4.21. The summed E-state index contributed by atoms with van der Waals surface area (Å²) in [6.07, 6.45) is 6.79. The second-order valence-electron chi connectivity index (χ2n) is 8.19. The second kappa shape index (κ2) is 7.80. The van der Waals surface area contributed by atoms with E-state index in [2.05, 4.69) is 44.3 Å². The van der Waals surface area contributed by atoms with Gasteiger partial charge in [-0.25, -0.2) is 0 Å². The number of likely N-dealkylation sites (tertiary alicyclic amines) is 2. The van der Waals surface area contributed by atoms with E-state index in [1.807, 2.05) is 17.7 Å². The normalized spacial score (nSPS) is 20.3. The topological polar surface area (TPSA) is 54.3 Å². The molecular weight excluding hydrogens is 338 g/mol. The number of rotatable bonds is 5. The van der Waals surface area contributed by atoms with Crippen LogP contribution in [-0.2, 0) is 24.8 Å². The number of aromatic nitrogens is 3. The first-order valence-electron chi connectivity index (χ1n) is 10.0. The van der Waals surface area contributed by atoms with Gasteiger partial charge in [0.15, 0.2) is 0 Å². The zero-order valence-corrected chi connectivity index (χ0v) is 16.2. The Bertz CT molecular complexity index is 764. The van der Waals surface area contributed by atoms with Crippen LogP contribution >= 0.6 is 0 Å². The van der Waals surface area contributed by atoms with Crippen molar-refractivity contribution in [3.63, 3.8) is 0 Å². The van der Waals surface area contributed by atoms with Crippen LogP contribution in [0.3, 0.4) is 0 Å². The molecular formula is C21H29N5O. The number of hydrogen-bond donors (Lipinski definition) is 0. The zero-order valence-electron chi connectivity index (χ0n) is 16.2. The lowest BCUT2D eigenvalue weighted by Gasteiger charge is -2.47. The molecule has 1 amide bonds. The SMILES string of the molecule is Cn1cnnc1CN1CCC2(CCC(=O)N(CCc3ccccc3)C2)CC1. The molecule has 0 radical (unpaired) electrons. The Kier molecular flexibility index (Phi) is 5.25. The first-order chi connectivity index (χ1) is 13.1. The van der Waals surface area contributed by atoms with E-state index >= 15 is 0 Å². The van der Waals surface area contributed by atoms with E-state index in [4.69, 9.17) is 0 Å². The molecule has 2 fully saturated rings. The lowest BCUT2D eigenvalue weighted by Crippen LogP contribution is -2.51. The molecule has 0 atom stereocenters. The minimum Gasteiger partial charge on any atom is -0.342 e. The fourth-order valence-electron chi connectivity index (χ4n) is 4.46. The Morgan fingerprint density at radius 3 is 2.59 bits per heavy atom. The Balaban J connectivity index is 1.32. The van der Waals surface area contributed by atoms with Gasteiger partial charge in [-0.15, -0.1) is 10.2 Å². The molecule has 4 rings (SSSR count). The molecule has 2 aliphatic heterocycles. The molecule has 6 nitrogen and oxygen atoms in total. The summed E-state index contributed by atoms with van der Waals surface area (Å²) in [4.78, 5) is 17.0. The van der Waals surface area contributed by atoms with Crippen molar-refractivity contribution in [2.75, 3.05) is 26.2 Å². The smallest absolute Gasteiger partial charge is 0.222 e. The third-order valence-corrected chi connectivity index (χ3v) is 6.35. The van der Waals surface area contributed by atoms with Crippen LogP contribution in [0.2, 0.25) is 0 Å². The Morgan fingerprint density at radius 2 is 1.89 bits per heavy atom. The van der Waals surface area contributed by atoms with Crippen LogP contribution in [0.4, 0.5) is 0 Å². The maximum atomic E-state index is 12.5. The lowest BCUT2D eigenvalue weighted by atomic mass is 9.72. The molecule has 1 spiro atoms. The summed E-state index contributed by atoms with van der Waals surface area (Å²) in [6, 6.07) is 10.5. The van der Waals surface area contributed by atoms with Crippen LogP contribution in [0.15, 0.2) is 36.7 Å². The van der Waals surface area contributed by atoms with Crippen molar-refractivity contribution in [1.82, 2.24) is 24.6 Å². The number of piperidine rings is 2. The van der Waals surface area contributed by atoms with Gasteiger partial charge >= 0.3 is 0 Å². The molecule has 0 saturated carbocycles. The standard InChI is InChI=1S/C21H29N5O/c1-24-17-22-23-19(24)15-25-13-10-21(11-14-25)9-7-20(27)26(16-21)12-8-18-5-3-2-4-6-18/h2-6,17H,7-16H2,1H3. The molecule has 3 heterocycles. The van der Waals surface area contributed by atoms with Gasteiger partial charge in [0, 0.05) is 26.6 Å². The maximum Gasteiger partial charge on any atom is 0.222 e. The summed E-state index contributed by atoms with van der Waals surface area (Å²) in [5.41, 5.74) is 1.62. The largest absolute Gasteiger partial charge is 0.342 e. The molecule has 1 aromatic carbocycles. The van der Waals surface area contributed by atoms with Crippen LogP contribution < -0.4 is 0 Å². The van der Waals surface area contributed by atoms with E-state index in [0.29, 0.717) is 17.7 Å². The van der Waals surface area contributed by atoms with Gasteiger partial charge in [0.05, 0.1) is 6.54 Å². The van der Waals surface area contributed by atoms with Crippen LogP contribution in [-0.4, -0.2) is 56.7 Å². The molecule has 0 aliphatic carbocycles. The second-order valence-corrected chi connectivity index (χ2v) is 8.19. The van der Waals surface area contributed by atoms with Crippen molar-refractivity contribution < 1.29 is 4.79 Å². The number of carbonyl (C=O) groups excluding carboxylic acids is 1. The first kappa shape index (κ1) is 18.2. The molecule has 2 saturated heterocycles. The van der Waals surface area contributed by atoms with Gasteiger partial charge in [0.2, 0.25) is 5.91 Å². The average Bonchev–Trinajstić information content (AvgIpc) is 3.10. The highest BCUT2D eigenvalue weighted by atomic mass is 16.2. The van der Waals surface area contributed by atoms with Crippen molar-refractivity contribution in [3.05, 3.63) is 48.0 Å². The predicted molar refractivity (Wildman–Crippen MR) is 104 cm³/mol. The lowest BCUT2D eigenvalue weighted by molar-refractivity contribution is -0.139. The third-order valence-electron chi connectivity index (χ3n) is 6.35. The van der Waals surface area contributed by atoms with E-state index in [9.17, 15) is 4.79 Å². The highest BCUT2D eigenvalue weighted by Crippen LogP contribution is 2.40. The fourth-order valence-corrected chi connectivity index (χ4v) is 4.46. The number of aryl methyl sites for hydroxylation is 1. The maximum absolute atomic E-state index is 12.5. The van der Waals surface area contributed by atoms with E-state index in [0.717, 1.165) is 51.4 Å². The van der Waals surface area contributed by atoms with Gasteiger partial charge in [-0.2, -0.15) is 0 Å². The molecule has 2 aliphatic rings. The Labute approximate surface area is 161 Å². The first-order valence-corrected chi connectivity index (χ1v) is 10.0. The monoisotopic (exact) mass is 367 g/mol. The van der Waals surface area contributed by atoms with Crippen molar-refractivity contribution >= 4 is 5.91 Å². The highest BCUT2D eigenvalue weighted by molar-refractivity contribution is 5.77. The van der Waals surface area contributed by atoms with Crippen LogP contribution in [0, 0.1) is 5.41 Å². The molecule has 27 heavy (non-hydrogen) atoms. The number of nitrogens with zero attached hydrogens (tertiary/aromatic N) is 5. The van der Waals surface area contributed by atoms with Gasteiger partial charge in [-0.3, -0.25) is 9.69 Å². The average molecular weight is 367 g/mol. The van der Waals surface area contributed by atoms with Crippen molar-refractivity contribution in [1.29, 1.82) is 0 Å². The van der Waals surface area contributed by atoms with Crippen LogP contribution in [0.25, 0.3) is 0 Å². The molecule has 1 aromatic heterocycles. The Hall–Kier alpha value is -2.21. The van der Waals surface area contributed by atoms with Crippen molar-refractivity contribution in [2.24, 2.45) is 12.5 Å². The van der Waals surface area contributed by atoms with Gasteiger partial charge in [-0.1, -0.05) is 30.3 Å². The fraction of sp³-hybridized carbons (Fsp3) is 0.571. The summed E-state index contributed by atoms with van der Waals surface area (Å²) in [5.74, 6) is 1.35. The summed E-state index contributed by atoms with van der Waals surface area (Å²) in [5, 5.41) is 8.18. The van der Waals surface area contributed by atoms with E-state index in [1.54, 1.807) is 6.33 Å². The molecule has 6 heteroatoms. The summed E-state index contributed by atoms with van der Waals surface area (Å²) < 4.78 is 2.00. The molecule has 0 bridgehead atoms. The molecule has 0 unspecified atom stereocenters. The molecule has 0 N–H and O–H groups in total. The highest BCUT2D eigenvalue weighted by Gasteiger charge is 2.40. The van der Waals surface area contributed by atoms with Gasteiger partial charge in [0.1, 0.15) is 12.2 Å². The summed E-state index contributed by atoms with van der Waals surface area (Å²) in [7, 11) is 2.00. The van der Waals surface area contributed by atoms with E-state index in [-0.39, 0.29) is 0 Å². The van der Waals surface area contributed by atoms with Crippen molar-refractivity contribution in [3.8, 4) is 0 Å². The number of carbonyl (C=O) groups is 1.